The lowest BCUT2D eigenvalue weighted by atomic mass is 10.1. The number of aryl methyl sites for hydroxylation is 1. The zero-order valence-electron chi connectivity index (χ0n) is 13.9. The Morgan fingerprint density at radius 3 is 3.00 bits per heavy atom. The molecule has 6 nitrogen and oxygen atoms in total. The molecule has 6 heteroatoms. The van der Waals surface area contributed by atoms with Gasteiger partial charge in [0.15, 0.2) is 0 Å². The van der Waals surface area contributed by atoms with Gasteiger partial charge < -0.3 is 14.4 Å². The highest BCUT2D eigenvalue weighted by molar-refractivity contribution is 5.92. The number of amides is 1. The average Bonchev–Trinajstić information content (AvgIpc) is 2.62. The van der Waals surface area contributed by atoms with Crippen molar-refractivity contribution in [2.45, 2.75) is 19.4 Å². The number of hydrogen-bond donors (Lipinski definition) is 0. The minimum absolute atomic E-state index is 0.0341. The zero-order valence-corrected chi connectivity index (χ0v) is 13.9. The normalized spacial score (nSPS) is 17.6. The molecule has 0 bridgehead atoms. The molecule has 2 heterocycles. The number of rotatable bonds is 4. The summed E-state index contributed by atoms with van der Waals surface area (Å²) in [7, 11) is 1.65. The number of benzene rings is 1. The summed E-state index contributed by atoms with van der Waals surface area (Å²) < 4.78 is 11.1. The lowest BCUT2D eigenvalue weighted by Gasteiger charge is -2.32. The second-order valence-electron chi connectivity index (χ2n) is 5.84. The van der Waals surface area contributed by atoms with Crippen molar-refractivity contribution in [3.05, 3.63) is 53.6 Å². The molecule has 0 saturated carbocycles. The molecule has 0 N–H and O–H groups in total. The third-order valence-corrected chi connectivity index (χ3v) is 4.02. The summed E-state index contributed by atoms with van der Waals surface area (Å²) >= 11 is 0. The summed E-state index contributed by atoms with van der Waals surface area (Å²) in [4.78, 5) is 22.7. The van der Waals surface area contributed by atoms with Crippen molar-refractivity contribution in [2.24, 2.45) is 0 Å². The molecule has 1 aliphatic heterocycles. The molecule has 24 heavy (non-hydrogen) atoms. The molecule has 3 rings (SSSR count). The number of ether oxygens (including phenoxy) is 2. The van der Waals surface area contributed by atoms with E-state index >= 15 is 0 Å². The van der Waals surface area contributed by atoms with Crippen LogP contribution in [0.2, 0.25) is 0 Å². The number of nitrogens with zero attached hydrogens (tertiary/aromatic N) is 3. The Morgan fingerprint density at radius 1 is 1.38 bits per heavy atom. The number of methoxy groups -OCH3 is 1. The first-order valence-electron chi connectivity index (χ1n) is 7.98. The van der Waals surface area contributed by atoms with Gasteiger partial charge in [0.25, 0.3) is 5.91 Å². The summed E-state index contributed by atoms with van der Waals surface area (Å²) in [5.41, 5.74) is 2.30. The Labute approximate surface area is 141 Å². The molecular formula is C18H21N3O3. The smallest absolute Gasteiger partial charge is 0.274 e. The van der Waals surface area contributed by atoms with Crippen molar-refractivity contribution >= 4 is 5.91 Å². The number of morpholine rings is 1. The van der Waals surface area contributed by atoms with Crippen LogP contribution < -0.4 is 4.74 Å². The Hall–Kier alpha value is -2.47. The van der Waals surface area contributed by atoms with E-state index in [1.165, 1.54) is 6.20 Å². The van der Waals surface area contributed by atoms with Gasteiger partial charge in [0.05, 0.1) is 31.7 Å². The maximum absolute atomic E-state index is 12.6. The van der Waals surface area contributed by atoms with Gasteiger partial charge in [0, 0.05) is 25.7 Å². The van der Waals surface area contributed by atoms with E-state index in [1.54, 1.807) is 18.2 Å². The van der Waals surface area contributed by atoms with Crippen LogP contribution in [0.3, 0.4) is 0 Å². The maximum Gasteiger partial charge on any atom is 0.274 e. The molecule has 1 aliphatic rings. The molecule has 0 radical (unpaired) electrons. The number of carbonyl (C=O) groups is 1. The molecule has 1 aromatic carbocycles. The molecule has 1 fully saturated rings. The van der Waals surface area contributed by atoms with Gasteiger partial charge in [0.1, 0.15) is 11.4 Å². The third kappa shape index (κ3) is 3.89. The van der Waals surface area contributed by atoms with Crippen LogP contribution in [-0.2, 0) is 11.2 Å². The van der Waals surface area contributed by atoms with Crippen LogP contribution in [0, 0.1) is 6.92 Å². The molecule has 0 aliphatic carbocycles. The minimum atomic E-state index is -0.0959. The topological polar surface area (TPSA) is 64.5 Å². The van der Waals surface area contributed by atoms with E-state index in [2.05, 4.69) is 9.97 Å². The van der Waals surface area contributed by atoms with Gasteiger partial charge in [0.2, 0.25) is 0 Å². The van der Waals surface area contributed by atoms with Crippen molar-refractivity contribution in [3.8, 4) is 5.75 Å². The molecule has 1 amide bonds. The second-order valence-corrected chi connectivity index (χ2v) is 5.84. The number of carbonyl (C=O) groups excluding carboxylic acids is 1. The summed E-state index contributed by atoms with van der Waals surface area (Å²) in [6, 6.07) is 7.91. The Balaban J connectivity index is 1.65. The van der Waals surface area contributed by atoms with Crippen molar-refractivity contribution in [1.29, 1.82) is 0 Å². The summed E-state index contributed by atoms with van der Waals surface area (Å²) in [6.07, 6.45) is 3.85. The Morgan fingerprint density at radius 2 is 2.25 bits per heavy atom. The van der Waals surface area contributed by atoms with Gasteiger partial charge in [-0.05, 0) is 24.6 Å². The molecule has 0 spiro atoms. The highest BCUT2D eigenvalue weighted by Gasteiger charge is 2.26. The lowest BCUT2D eigenvalue weighted by Crippen LogP contribution is -2.46. The fraction of sp³-hybridized carbons (Fsp3) is 0.389. The quantitative estimate of drug-likeness (QED) is 0.858. The third-order valence-electron chi connectivity index (χ3n) is 4.02. The summed E-state index contributed by atoms with van der Waals surface area (Å²) in [5, 5.41) is 0. The monoisotopic (exact) mass is 327 g/mol. The fourth-order valence-corrected chi connectivity index (χ4v) is 2.75. The van der Waals surface area contributed by atoms with Gasteiger partial charge in [-0.2, -0.15) is 0 Å². The standard InChI is InChI=1S/C18H21N3O3/c1-13-10-20-17(11-19-13)18(22)21-6-7-24-16(12-21)9-14-4-3-5-15(8-14)23-2/h3-5,8,10-11,16H,6-7,9,12H2,1-2H3/t16-/m1/s1. The van der Waals surface area contributed by atoms with E-state index in [1.807, 2.05) is 31.2 Å². The van der Waals surface area contributed by atoms with Gasteiger partial charge in [-0.25, -0.2) is 4.98 Å². The van der Waals surface area contributed by atoms with Crippen LogP contribution in [0.4, 0.5) is 0 Å². The number of aromatic nitrogens is 2. The fourth-order valence-electron chi connectivity index (χ4n) is 2.75. The van der Waals surface area contributed by atoms with E-state index in [0.29, 0.717) is 25.4 Å². The summed E-state index contributed by atoms with van der Waals surface area (Å²) in [5.74, 6) is 0.729. The van der Waals surface area contributed by atoms with Crippen LogP contribution >= 0.6 is 0 Å². The molecule has 2 aromatic rings. The van der Waals surface area contributed by atoms with E-state index in [0.717, 1.165) is 23.4 Å². The van der Waals surface area contributed by atoms with Gasteiger partial charge in [-0.15, -0.1) is 0 Å². The van der Waals surface area contributed by atoms with Crippen LogP contribution in [0.15, 0.2) is 36.7 Å². The Kier molecular flexibility index (Phi) is 5.05. The van der Waals surface area contributed by atoms with Gasteiger partial charge in [-0.3, -0.25) is 9.78 Å². The van der Waals surface area contributed by atoms with E-state index < -0.39 is 0 Å². The second kappa shape index (κ2) is 7.40. The first kappa shape index (κ1) is 16.4. The first-order valence-corrected chi connectivity index (χ1v) is 7.98. The van der Waals surface area contributed by atoms with Crippen LogP contribution in [0.5, 0.6) is 5.75 Å². The highest BCUT2D eigenvalue weighted by atomic mass is 16.5. The average molecular weight is 327 g/mol. The Bertz CT molecular complexity index is 703. The lowest BCUT2D eigenvalue weighted by molar-refractivity contribution is -0.0210. The molecule has 1 atom stereocenters. The molecular weight excluding hydrogens is 306 g/mol. The van der Waals surface area contributed by atoms with Crippen molar-refractivity contribution in [3.63, 3.8) is 0 Å². The predicted octanol–water partition coefficient (Wildman–Crippen LogP) is 1.88. The van der Waals surface area contributed by atoms with Gasteiger partial charge >= 0.3 is 0 Å². The molecule has 1 aromatic heterocycles. The van der Waals surface area contributed by atoms with Crippen LogP contribution in [-0.4, -0.2) is 53.7 Å². The van der Waals surface area contributed by atoms with Crippen molar-refractivity contribution in [1.82, 2.24) is 14.9 Å². The summed E-state index contributed by atoms with van der Waals surface area (Å²) in [6.45, 7) is 3.49. The van der Waals surface area contributed by atoms with E-state index in [-0.39, 0.29) is 12.0 Å². The van der Waals surface area contributed by atoms with Crippen LogP contribution in [0.25, 0.3) is 0 Å². The largest absolute Gasteiger partial charge is 0.497 e. The zero-order chi connectivity index (χ0) is 16.9. The maximum atomic E-state index is 12.6. The van der Waals surface area contributed by atoms with Crippen molar-refractivity contribution < 1.29 is 14.3 Å². The first-order chi connectivity index (χ1) is 11.7. The van der Waals surface area contributed by atoms with E-state index in [9.17, 15) is 4.79 Å². The molecule has 126 valence electrons. The van der Waals surface area contributed by atoms with E-state index in [4.69, 9.17) is 9.47 Å². The van der Waals surface area contributed by atoms with Crippen molar-refractivity contribution in [2.75, 3.05) is 26.8 Å². The number of hydrogen-bond acceptors (Lipinski definition) is 5. The molecule has 1 saturated heterocycles. The minimum Gasteiger partial charge on any atom is -0.497 e. The SMILES string of the molecule is COc1cccc(C[C@@H]2CN(C(=O)c3cnc(C)cn3)CCO2)c1. The molecule has 0 unspecified atom stereocenters. The van der Waals surface area contributed by atoms with Gasteiger partial charge in [-0.1, -0.05) is 12.1 Å². The van der Waals surface area contributed by atoms with Crippen LogP contribution in [0.1, 0.15) is 21.7 Å². The predicted molar refractivity (Wildman–Crippen MR) is 89.1 cm³/mol. The highest BCUT2D eigenvalue weighted by Crippen LogP contribution is 2.17.